The van der Waals surface area contributed by atoms with Gasteiger partial charge in [0.05, 0.1) is 10.5 Å². The summed E-state index contributed by atoms with van der Waals surface area (Å²) >= 11 is 0. The number of nitrogens with one attached hydrogen (secondary N) is 2. The smallest absolute Gasteiger partial charge is 0.351 e. The average molecular weight is 414 g/mol. The first-order valence-electron chi connectivity index (χ1n) is 8.52. The van der Waals surface area contributed by atoms with Crippen molar-refractivity contribution in [2.75, 3.05) is 0 Å². The molecule has 0 aliphatic rings. The van der Waals surface area contributed by atoms with E-state index in [1.54, 1.807) is 38.1 Å². The van der Waals surface area contributed by atoms with Crippen molar-refractivity contribution in [3.63, 3.8) is 0 Å². The van der Waals surface area contributed by atoms with Crippen LogP contribution in [0.2, 0.25) is 0 Å². The first-order valence-corrected chi connectivity index (χ1v) is 10.0. The van der Waals surface area contributed by atoms with Crippen LogP contribution in [0.1, 0.15) is 25.0 Å². The van der Waals surface area contributed by atoms with Gasteiger partial charge in [-0.15, -0.1) is 0 Å². The molecule has 1 unspecified atom stereocenters. The van der Waals surface area contributed by atoms with Crippen LogP contribution in [0.3, 0.4) is 0 Å². The SMILES string of the molecule is CC(C)C(NS(=O)(=O)c1cccc(C(F)(F)F)c1)C(=O)NCc1ccccc1. The highest BCUT2D eigenvalue weighted by Gasteiger charge is 2.33. The Kier molecular flexibility index (Phi) is 6.84. The third kappa shape index (κ3) is 5.80. The van der Waals surface area contributed by atoms with Gasteiger partial charge in [0.15, 0.2) is 0 Å². The van der Waals surface area contributed by atoms with Crippen LogP contribution in [-0.4, -0.2) is 20.4 Å². The van der Waals surface area contributed by atoms with Crippen LogP contribution in [0.5, 0.6) is 0 Å². The summed E-state index contributed by atoms with van der Waals surface area (Å²) in [5.74, 6) is -0.981. The zero-order valence-electron chi connectivity index (χ0n) is 15.3. The van der Waals surface area contributed by atoms with Gasteiger partial charge >= 0.3 is 6.18 Å². The molecule has 1 amide bonds. The van der Waals surface area contributed by atoms with Gasteiger partial charge in [-0.25, -0.2) is 8.42 Å². The van der Waals surface area contributed by atoms with Crippen molar-refractivity contribution < 1.29 is 26.4 Å². The van der Waals surface area contributed by atoms with Crippen molar-refractivity contribution in [1.82, 2.24) is 10.0 Å². The van der Waals surface area contributed by atoms with E-state index in [0.717, 1.165) is 23.8 Å². The first kappa shape index (κ1) is 21.9. The minimum absolute atomic E-state index is 0.203. The maximum Gasteiger partial charge on any atom is 0.416 e. The van der Waals surface area contributed by atoms with Gasteiger partial charge in [-0.2, -0.15) is 17.9 Å². The van der Waals surface area contributed by atoms with E-state index in [1.165, 1.54) is 0 Å². The number of carbonyl (C=O) groups excluding carboxylic acids is 1. The molecule has 0 spiro atoms. The lowest BCUT2D eigenvalue weighted by Gasteiger charge is -2.22. The summed E-state index contributed by atoms with van der Waals surface area (Å²) in [6.07, 6.45) is -4.67. The van der Waals surface area contributed by atoms with Crippen molar-refractivity contribution >= 4 is 15.9 Å². The zero-order chi connectivity index (χ0) is 20.9. The normalized spacial score (nSPS) is 13.4. The second kappa shape index (κ2) is 8.74. The van der Waals surface area contributed by atoms with Crippen LogP contribution >= 0.6 is 0 Å². The van der Waals surface area contributed by atoms with Gasteiger partial charge < -0.3 is 5.32 Å². The van der Waals surface area contributed by atoms with Crippen LogP contribution < -0.4 is 10.0 Å². The molecular formula is C19H21F3N2O3S. The largest absolute Gasteiger partial charge is 0.416 e. The minimum atomic E-state index is -4.67. The lowest BCUT2D eigenvalue weighted by atomic mass is 10.0. The average Bonchev–Trinajstić information content (AvgIpc) is 2.64. The first-order chi connectivity index (χ1) is 13.0. The molecular weight excluding hydrogens is 393 g/mol. The predicted molar refractivity (Wildman–Crippen MR) is 98.7 cm³/mol. The summed E-state index contributed by atoms with van der Waals surface area (Å²) in [4.78, 5) is 11.9. The standard InChI is InChI=1S/C19H21F3N2O3S/c1-13(2)17(18(25)23-12-14-7-4-3-5-8-14)24-28(26,27)16-10-6-9-15(11-16)19(20,21)22/h3-11,13,17,24H,12H2,1-2H3,(H,23,25). The highest BCUT2D eigenvalue weighted by atomic mass is 32.2. The third-order valence-corrected chi connectivity index (χ3v) is 5.45. The molecule has 0 saturated heterocycles. The van der Waals surface area contributed by atoms with Crippen LogP contribution in [0.4, 0.5) is 13.2 Å². The van der Waals surface area contributed by atoms with Crippen molar-refractivity contribution in [1.29, 1.82) is 0 Å². The third-order valence-electron chi connectivity index (χ3n) is 4.01. The van der Waals surface area contributed by atoms with Crippen LogP contribution in [0, 0.1) is 5.92 Å². The van der Waals surface area contributed by atoms with E-state index in [0.29, 0.717) is 6.07 Å². The topological polar surface area (TPSA) is 75.3 Å². The fourth-order valence-corrected chi connectivity index (χ4v) is 3.85. The molecule has 5 nitrogen and oxygen atoms in total. The number of alkyl halides is 3. The maximum absolute atomic E-state index is 12.9. The van der Waals surface area contributed by atoms with Gasteiger partial charge in [-0.05, 0) is 29.7 Å². The Morgan fingerprint density at radius 1 is 1.04 bits per heavy atom. The Labute approximate surface area is 162 Å². The van der Waals surface area contributed by atoms with Crippen molar-refractivity contribution in [2.45, 2.75) is 37.5 Å². The molecule has 0 saturated carbocycles. The number of rotatable bonds is 7. The van der Waals surface area contributed by atoms with E-state index in [-0.39, 0.29) is 6.54 Å². The predicted octanol–water partition coefficient (Wildman–Crippen LogP) is 3.32. The van der Waals surface area contributed by atoms with Crippen LogP contribution in [0.15, 0.2) is 59.5 Å². The summed E-state index contributed by atoms with van der Waals surface area (Å²) in [5.41, 5.74) is -0.246. The number of benzene rings is 2. The highest BCUT2D eigenvalue weighted by Crippen LogP contribution is 2.30. The van der Waals surface area contributed by atoms with E-state index >= 15 is 0 Å². The van der Waals surface area contributed by atoms with E-state index in [2.05, 4.69) is 10.0 Å². The fraction of sp³-hybridized carbons (Fsp3) is 0.316. The number of amides is 1. The summed E-state index contributed by atoms with van der Waals surface area (Å²) in [5, 5.41) is 2.64. The number of hydrogen-bond donors (Lipinski definition) is 2. The minimum Gasteiger partial charge on any atom is -0.351 e. The van der Waals surface area contributed by atoms with Crippen molar-refractivity contribution in [3.05, 3.63) is 65.7 Å². The zero-order valence-corrected chi connectivity index (χ0v) is 16.1. The Morgan fingerprint density at radius 3 is 2.25 bits per heavy atom. The molecule has 0 radical (unpaired) electrons. The van der Waals surface area contributed by atoms with Gasteiger partial charge in [0, 0.05) is 6.54 Å². The molecule has 2 aromatic rings. The number of carbonyl (C=O) groups is 1. The van der Waals surface area contributed by atoms with E-state index in [4.69, 9.17) is 0 Å². The Hall–Kier alpha value is -2.39. The molecule has 28 heavy (non-hydrogen) atoms. The maximum atomic E-state index is 12.9. The molecule has 0 aliphatic carbocycles. The summed E-state index contributed by atoms with van der Waals surface area (Å²) < 4.78 is 65.9. The van der Waals surface area contributed by atoms with Gasteiger partial charge in [0.2, 0.25) is 15.9 Å². The molecule has 1 atom stereocenters. The molecule has 9 heteroatoms. The molecule has 152 valence electrons. The number of halogens is 3. The van der Waals surface area contributed by atoms with Gasteiger partial charge in [-0.1, -0.05) is 50.2 Å². The molecule has 0 aliphatic heterocycles. The van der Waals surface area contributed by atoms with Crippen molar-refractivity contribution in [2.24, 2.45) is 5.92 Å². The number of sulfonamides is 1. The Morgan fingerprint density at radius 2 is 1.68 bits per heavy atom. The second-order valence-electron chi connectivity index (χ2n) is 6.57. The number of hydrogen-bond acceptors (Lipinski definition) is 3. The summed E-state index contributed by atoms with van der Waals surface area (Å²) in [7, 11) is -4.33. The Balaban J connectivity index is 2.17. The van der Waals surface area contributed by atoms with E-state index in [1.807, 2.05) is 6.07 Å². The highest BCUT2D eigenvalue weighted by molar-refractivity contribution is 7.89. The molecule has 2 N–H and O–H groups in total. The van der Waals surface area contributed by atoms with E-state index < -0.39 is 44.5 Å². The lowest BCUT2D eigenvalue weighted by Crippen LogP contribution is -2.49. The van der Waals surface area contributed by atoms with Crippen molar-refractivity contribution in [3.8, 4) is 0 Å². The second-order valence-corrected chi connectivity index (χ2v) is 8.29. The monoisotopic (exact) mass is 414 g/mol. The Bertz CT molecular complexity index is 914. The molecule has 2 rings (SSSR count). The quantitative estimate of drug-likeness (QED) is 0.730. The van der Waals surface area contributed by atoms with E-state index in [9.17, 15) is 26.4 Å². The summed E-state index contributed by atoms with van der Waals surface area (Å²) in [6.45, 7) is 3.48. The molecule has 0 bridgehead atoms. The van der Waals surface area contributed by atoms with Gasteiger partial charge in [0.1, 0.15) is 6.04 Å². The summed E-state index contributed by atoms with van der Waals surface area (Å²) in [6, 6.07) is 11.3. The van der Waals surface area contributed by atoms with Gasteiger partial charge in [0.25, 0.3) is 0 Å². The molecule has 0 fully saturated rings. The molecule has 2 aromatic carbocycles. The van der Waals surface area contributed by atoms with Crippen LogP contribution in [0.25, 0.3) is 0 Å². The molecule has 0 aromatic heterocycles. The van der Waals surface area contributed by atoms with Gasteiger partial charge in [-0.3, -0.25) is 4.79 Å². The van der Waals surface area contributed by atoms with Crippen LogP contribution in [-0.2, 0) is 27.5 Å². The fourth-order valence-electron chi connectivity index (χ4n) is 2.46. The molecule has 0 heterocycles. The lowest BCUT2D eigenvalue weighted by molar-refractivity contribution is -0.137.